The van der Waals surface area contributed by atoms with Crippen molar-refractivity contribution < 1.29 is 22.8 Å². The summed E-state index contributed by atoms with van der Waals surface area (Å²) in [4.78, 5) is 4.25. The Labute approximate surface area is 138 Å². The van der Waals surface area contributed by atoms with Crippen LogP contribution in [0, 0.1) is 11.6 Å². The lowest BCUT2D eigenvalue weighted by molar-refractivity contribution is 0.0954. The monoisotopic (exact) mass is 339 g/mol. The Balaban J connectivity index is 1.69. The SMILES string of the molecule is COCc1noc([C@H](C)N[C@@H]2CCO[C@H]2c2ccc(F)c(F)c2)n1. The van der Waals surface area contributed by atoms with E-state index in [0.717, 1.165) is 12.5 Å². The predicted molar refractivity (Wildman–Crippen MR) is 80.0 cm³/mol. The van der Waals surface area contributed by atoms with Gasteiger partial charge < -0.3 is 19.3 Å². The molecule has 0 bridgehead atoms. The maximum Gasteiger partial charge on any atom is 0.243 e. The first kappa shape index (κ1) is 16.9. The summed E-state index contributed by atoms with van der Waals surface area (Å²) in [5.41, 5.74) is 0.599. The van der Waals surface area contributed by atoms with Crippen molar-refractivity contribution in [2.75, 3.05) is 13.7 Å². The van der Waals surface area contributed by atoms with E-state index >= 15 is 0 Å². The second-order valence-electron chi connectivity index (χ2n) is 5.73. The zero-order valence-electron chi connectivity index (χ0n) is 13.5. The average molecular weight is 339 g/mol. The second kappa shape index (κ2) is 7.33. The molecule has 0 amide bonds. The summed E-state index contributed by atoms with van der Waals surface area (Å²) in [5.74, 6) is -0.832. The Morgan fingerprint density at radius 2 is 2.21 bits per heavy atom. The van der Waals surface area contributed by atoms with Gasteiger partial charge in [0, 0.05) is 19.8 Å². The third kappa shape index (κ3) is 3.61. The van der Waals surface area contributed by atoms with Crippen LogP contribution in [0.15, 0.2) is 22.7 Å². The van der Waals surface area contributed by atoms with Crippen LogP contribution in [0.25, 0.3) is 0 Å². The van der Waals surface area contributed by atoms with Crippen molar-refractivity contribution >= 4 is 0 Å². The summed E-state index contributed by atoms with van der Waals surface area (Å²) in [6, 6.07) is 3.55. The third-order valence-electron chi connectivity index (χ3n) is 3.96. The van der Waals surface area contributed by atoms with Gasteiger partial charge in [-0.3, -0.25) is 0 Å². The van der Waals surface area contributed by atoms with Gasteiger partial charge in [-0.15, -0.1) is 0 Å². The molecule has 6 nitrogen and oxygen atoms in total. The lowest BCUT2D eigenvalue weighted by Gasteiger charge is -2.22. The predicted octanol–water partition coefficient (Wildman–Crippen LogP) is 2.68. The highest BCUT2D eigenvalue weighted by atomic mass is 19.2. The molecule has 2 heterocycles. The minimum Gasteiger partial charge on any atom is -0.377 e. The average Bonchev–Trinajstić information content (AvgIpc) is 3.20. The molecule has 0 unspecified atom stereocenters. The van der Waals surface area contributed by atoms with Crippen LogP contribution < -0.4 is 5.32 Å². The van der Waals surface area contributed by atoms with Gasteiger partial charge in [-0.1, -0.05) is 11.2 Å². The van der Waals surface area contributed by atoms with Gasteiger partial charge in [0.05, 0.1) is 12.1 Å². The quantitative estimate of drug-likeness (QED) is 0.873. The van der Waals surface area contributed by atoms with Gasteiger partial charge in [0.15, 0.2) is 17.5 Å². The lowest BCUT2D eigenvalue weighted by atomic mass is 10.0. The summed E-state index contributed by atoms with van der Waals surface area (Å²) in [6.45, 7) is 2.71. The number of nitrogens with one attached hydrogen (secondary N) is 1. The van der Waals surface area contributed by atoms with E-state index < -0.39 is 11.6 Å². The minimum absolute atomic E-state index is 0.0670. The third-order valence-corrected chi connectivity index (χ3v) is 3.96. The fourth-order valence-corrected chi connectivity index (χ4v) is 2.80. The fourth-order valence-electron chi connectivity index (χ4n) is 2.80. The van der Waals surface area contributed by atoms with Crippen LogP contribution in [0.2, 0.25) is 0 Å². The van der Waals surface area contributed by atoms with E-state index in [4.69, 9.17) is 14.0 Å². The summed E-state index contributed by atoms with van der Waals surface area (Å²) in [7, 11) is 1.56. The summed E-state index contributed by atoms with van der Waals surface area (Å²) in [5, 5.41) is 7.18. The number of aromatic nitrogens is 2. The minimum atomic E-state index is -0.879. The number of methoxy groups -OCH3 is 1. The van der Waals surface area contributed by atoms with Gasteiger partial charge in [0.1, 0.15) is 6.61 Å². The first-order chi connectivity index (χ1) is 11.6. The molecule has 130 valence electrons. The van der Waals surface area contributed by atoms with Crippen LogP contribution in [-0.4, -0.2) is 29.9 Å². The first-order valence-corrected chi connectivity index (χ1v) is 7.72. The Hall–Kier alpha value is -1.90. The van der Waals surface area contributed by atoms with Crippen molar-refractivity contribution in [3.63, 3.8) is 0 Å². The van der Waals surface area contributed by atoms with Crippen molar-refractivity contribution in [2.45, 2.75) is 38.1 Å². The standard InChI is InChI=1S/C16H19F2N3O3/c1-9(16-20-14(8-22-2)21-24-16)19-13-5-6-23-15(13)10-3-4-11(17)12(18)7-10/h3-4,7,9,13,15,19H,5-6,8H2,1-2H3/t9-,13+,15-/m0/s1. The van der Waals surface area contributed by atoms with Crippen LogP contribution in [0.5, 0.6) is 0 Å². The Morgan fingerprint density at radius 1 is 1.38 bits per heavy atom. The largest absolute Gasteiger partial charge is 0.377 e. The highest BCUT2D eigenvalue weighted by Gasteiger charge is 2.32. The van der Waals surface area contributed by atoms with E-state index in [1.165, 1.54) is 12.1 Å². The van der Waals surface area contributed by atoms with Gasteiger partial charge in [-0.2, -0.15) is 4.98 Å². The highest BCUT2D eigenvalue weighted by Crippen LogP contribution is 2.31. The molecule has 3 rings (SSSR count). The maximum atomic E-state index is 13.5. The van der Waals surface area contributed by atoms with Crippen molar-refractivity contribution in [1.29, 1.82) is 0 Å². The first-order valence-electron chi connectivity index (χ1n) is 7.72. The van der Waals surface area contributed by atoms with Crippen molar-refractivity contribution in [3.05, 3.63) is 47.1 Å². The van der Waals surface area contributed by atoms with E-state index in [9.17, 15) is 8.78 Å². The van der Waals surface area contributed by atoms with E-state index in [1.54, 1.807) is 7.11 Å². The fraction of sp³-hybridized carbons (Fsp3) is 0.500. The number of hydrogen-bond acceptors (Lipinski definition) is 6. The lowest BCUT2D eigenvalue weighted by Crippen LogP contribution is -2.34. The van der Waals surface area contributed by atoms with Crippen LogP contribution in [0.1, 0.15) is 42.8 Å². The summed E-state index contributed by atoms with van der Waals surface area (Å²) >= 11 is 0. The normalized spacial score (nSPS) is 22.0. The van der Waals surface area contributed by atoms with E-state index in [1.807, 2.05) is 6.92 Å². The molecule has 1 aromatic heterocycles. The highest BCUT2D eigenvalue weighted by molar-refractivity contribution is 5.22. The summed E-state index contributed by atoms with van der Waals surface area (Å²) < 4.78 is 42.4. The van der Waals surface area contributed by atoms with Gasteiger partial charge >= 0.3 is 0 Å². The molecule has 1 aliphatic heterocycles. The number of hydrogen-bond donors (Lipinski definition) is 1. The molecule has 24 heavy (non-hydrogen) atoms. The molecule has 0 radical (unpaired) electrons. The van der Waals surface area contributed by atoms with Gasteiger partial charge in [0.2, 0.25) is 5.89 Å². The topological polar surface area (TPSA) is 69.4 Å². The number of benzene rings is 1. The van der Waals surface area contributed by atoms with E-state index in [0.29, 0.717) is 23.9 Å². The number of ether oxygens (including phenoxy) is 2. The van der Waals surface area contributed by atoms with Gasteiger partial charge in [0.25, 0.3) is 0 Å². The van der Waals surface area contributed by atoms with Crippen LogP contribution in [0.4, 0.5) is 8.78 Å². The van der Waals surface area contributed by atoms with E-state index in [2.05, 4.69) is 15.5 Å². The maximum absolute atomic E-state index is 13.5. The Kier molecular flexibility index (Phi) is 5.17. The van der Waals surface area contributed by atoms with Crippen molar-refractivity contribution in [3.8, 4) is 0 Å². The smallest absolute Gasteiger partial charge is 0.243 e. The molecule has 0 aliphatic carbocycles. The van der Waals surface area contributed by atoms with Crippen molar-refractivity contribution in [1.82, 2.24) is 15.5 Å². The van der Waals surface area contributed by atoms with E-state index in [-0.39, 0.29) is 24.8 Å². The molecule has 3 atom stereocenters. The zero-order valence-corrected chi connectivity index (χ0v) is 13.5. The van der Waals surface area contributed by atoms with Crippen LogP contribution in [-0.2, 0) is 16.1 Å². The molecule has 0 saturated carbocycles. The molecule has 8 heteroatoms. The molecule has 0 spiro atoms. The molecule has 1 aromatic carbocycles. The van der Waals surface area contributed by atoms with Gasteiger partial charge in [-0.25, -0.2) is 8.78 Å². The molecule has 1 aliphatic rings. The van der Waals surface area contributed by atoms with Crippen LogP contribution in [0.3, 0.4) is 0 Å². The second-order valence-corrected chi connectivity index (χ2v) is 5.73. The zero-order chi connectivity index (χ0) is 17.1. The molecule has 1 saturated heterocycles. The Bertz CT molecular complexity index is 695. The van der Waals surface area contributed by atoms with Gasteiger partial charge in [-0.05, 0) is 31.0 Å². The number of nitrogens with zero attached hydrogens (tertiary/aromatic N) is 2. The molecular weight excluding hydrogens is 320 g/mol. The van der Waals surface area contributed by atoms with Crippen LogP contribution >= 0.6 is 0 Å². The Morgan fingerprint density at radius 3 is 2.96 bits per heavy atom. The van der Waals surface area contributed by atoms with Crippen molar-refractivity contribution in [2.24, 2.45) is 0 Å². The molecular formula is C16H19F2N3O3. The molecule has 1 N–H and O–H groups in total. The molecule has 1 fully saturated rings. The number of rotatable bonds is 6. The number of halogens is 2. The summed E-state index contributed by atoms with van der Waals surface area (Å²) in [6.07, 6.45) is 0.386. The molecule has 2 aromatic rings.